The monoisotopic (exact) mass is 228 g/mol. The first-order chi connectivity index (χ1) is 8.34. The number of aromatic nitrogens is 3. The zero-order chi connectivity index (χ0) is 11.7. The topological polar surface area (TPSA) is 42.7 Å². The molecule has 0 aromatic carbocycles. The third-order valence-corrected chi connectivity index (χ3v) is 3.13. The molecule has 0 bridgehead atoms. The van der Waals surface area contributed by atoms with Crippen molar-refractivity contribution in [2.75, 3.05) is 0 Å². The molecule has 2 aromatic heterocycles. The maximum absolute atomic E-state index is 4.26. The quantitative estimate of drug-likeness (QED) is 0.868. The first-order valence-corrected chi connectivity index (χ1v) is 6.01. The molecule has 0 saturated heterocycles. The molecule has 1 aliphatic rings. The highest BCUT2D eigenvalue weighted by molar-refractivity contribution is 5.39. The molecule has 17 heavy (non-hydrogen) atoms. The normalized spacial score (nSPS) is 15.1. The van der Waals surface area contributed by atoms with Crippen LogP contribution in [0, 0.1) is 6.92 Å². The van der Waals surface area contributed by atoms with Crippen LogP contribution in [0.4, 0.5) is 0 Å². The summed E-state index contributed by atoms with van der Waals surface area (Å²) >= 11 is 0. The van der Waals surface area contributed by atoms with E-state index in [4.69, 9.17) is 0 Å². The van der Waals surface area contributed by atoms with Gasteiger partial charge in [-0.15, -0.1) is 0 Å². The summed E-state index contributed by atoms with van der Waals surface area (Å²) in [5, 5.41) is 3.53. The van der Waals surface area contributed by atoms with Gasteiger partial charge in [0.1, 0.15) is 5.82 Å². The Balaban J connectivity index is 1.89. The van der Waals surface area contributed by atoms with E-state index in [2.05, 4.69) is 25.9 Å². The number of hydrogen-bond donors (Lipinski definition) is 1. The van der Waals surface area contributed by atoms with Crippen LogP contribution in [0.25, 0.3) is 5.69 Å². The summed E-state index contributed by atoms with van der Waals surface area (Å²) < 4.78 is 2.08. The van der Waals surface area contributed by atoms with Gasteiger partial charge in [-0.2, -0.15) is 0 Å². The van der Waals surface area contributed by atoms with E-state index in [1.807, 2.05) is 31.7 Å². The van der Waals surface area contributed by atoms with Gasteiger partial charge < -0.3 is 9.88 Å². The average Bonchev–Trinajstić information content (AvgIpc) is 3.09. The minimum absolute atomic E-state index is 0.722. The Bertz CT molecular complexity index is 514. The Morgan fingerprint density at radius 2 is 2.29 bits per heavy atom. The van der Waals surface area contributed by atoms with E-state index < -0.39 is 0 Å². The molecule has 88 valence electrons. The molecule has 0 amide bonds. The molecule has 2 heterocycles. The van der Waals surface area contributed by atoms with Crippen molar-refractivity contribution >= 4 is 0 Å². The molecule has 1 saturated carbocycles. The Morgan fingerprint density at radius 3 is 3.00 bits per heavy atom. The molecular formula is C13H16N4. The zero-order valence-electron chi connectivity index (χ0n) is 9.93. The Morgan fingerprint density at radius 1 is 1.41 bits per heavy atom. The number of imidazole rings is 1. The highest BCUT2D eigenvalue weighted by atomic mass is 15.1. The lowest BCUT2D eigenvalue weighted by molar-refractivity contribution is 0.683. The predicted molar refractivity (Wildman–Crippen MR) is 66.0 cm³/mol. The lowest BCUT2D eigenvalue weighted by Crippen LogP contribution is -2.17. The number of nitrogens with one attached hydrogen (secondary N) is 1. The molecule has 0 radical (unpaired) electrons. The molecule has 4 nitrogen and oxygen atoms in total. The highest BCUT2D eigenvalue weighted by Crippen LogP contribution is 2.21. The molecule has 0 unspecified atom stereocenters. The van der Waals surface area contributed by atoms with Crippen LogP contribution in [0.15, 0.2) is 30.9 Å². The summed E-state index contributed by atoms with van der Waals surface area (Å²) in [6.45, 7) is 2.91. The van der Waals surface area contributed by atoms with Gasteiger partial charge in [-0.1, -0.05) is 0 Å². The SMILES string of the molecule is Cc1nccn1-c1cnccc1CNC1CC1. The number of pyridine rings is 1. The van der Waals surface area contributed by atoms with Crippen molar-refractivity contribution in [3.8, 4) is 5.69 Å². The van der Waals surface area contributed by atoms with Crippen molar-refractivity contribution in [3.63, 3.8) is 0 Å². The van der Waals surface area contributed by atoms with E-state index in [1.54, 1.807) is 0 Å². The van der Waals surface area contributed by atoms with E-state index in [9.17, 15) is 0 Å². The van der Waals surface area contributed by atoms with Gasteiger partial charge in [0.05, 0.1) is 11.9 Å². The minimum Gasteiger partial charge on any atom is -0.310 e. The van der Waals surface area contributed by atoms with Gasteiger partial charge in [0.15, 0.2) is 0 Å². The maximum Gasteiger partial charge on any atom is 0.110 e. The molecule has 0 spiro atoms. The fourth-order valence-corrected chi connectivity index (χ4v) is 1.96. The summed E-state index contributed by atoms with van der Waals surface area (Å²) in [6, 6.07) is 2.80. The lowest BCUT2D eigenvalue weighted by Gasteiger charge is -2.11. The van der Waals surface area contributed by atoms with Crippen LogP contribution >= 0.6 is 0 Å². The van der Waals surface area contributed by atoms with Gasteiger partial charge in [-0.25, -0.2) is 4.98 Å². The smallest absolute Gasteiger partial charge is 0.110 e. The highest BCUT2D eigenvalue weighted by Gasteiger charge is 2.20. The van der Waals surface area contributed by atoms with Gasteiger partial charge in [0.2, 0.25) is 0 Å². The number of nitrogens with zero attached hydrogens (tertiary/aromatic N) is 3. The van der Waals surface area contributed by atoms with Crippen LogP contribution < -0.4 is 5.32 Å². The number of aryl methyl sites for hydroxylation is 1. The van der Waals surface area contributed by atoms with Gasteiger partial charge in [-0.3, -0.25) is 4.98 Å². The van der Waals surface area contributed by atoms with Gasteiger partial charge in [0.25, 0.3) is 0 Å². The molecule has 1 N–H and O–H groups in total. The zero-order valence-corrected chi connectivity index (χ0v) is 9.93. The molecule has 2 aromatic rings. The van der Waals surface area contributed by atoms with E-state index >= 15 is 0 Å². The van der Waals surface area contributed by atoms with E-state index in [0.29, 0.717) is 0 Å². The summed E-state index contributed by atoms with van der Waals surface area (Å²) in [5.74, 6) is 0.991. The van der Waals surface area contributed by atoms with E-state index in [0.717, 1.165) is 24.1 Å². The third kappa shape index (κ3) is 2.22. The van der Waals surface area contributed by atoms with Gasteiger partial charge >= 0.3 is 0 Å². The minimum atomic E-state index is 0.722. The summed E-state index contributed by atoms with van der Waals surface area (Å²) in [6.07, 6.45) is 10.2. The van der Waals surface area contributed by atoms with Crippen LogP contribution in [-0.4, -0.2) is 20.6 Å². The fourth-order valence-electron chi connectivity index (χ4n) is 1.96. The van der Waals surface area contributed by atoms with Crippen molar-refractivity contribution < 1.29 is 0 Å². The summed E-state index contributed by atoms with van der Waals surface area (Å²) in [7, 11) is 0. The Labute approximate surface area is 101 Å². The number of rotatable bonds is 4. The second-order valence-corrected chi connectivity index (χ2v) is 4.50. The van der Waals surface area contributed by atoms with Crippen molar-refractivity contribution in [3.05, 3.63) is 42.2 Å². The van der Waals surface area contributed by atoms with Crippen LogP contribution in [0.1, 0.15) is 24.2 Å². The van der Waals surface area contributed by atoms with Crippen molar-refractivity contribution in [2.24, 2.45) is 0 Å². The molecule has 0 aliphatic heterocycles. The molecule has 3 rings (SSSR count). The Hall–Kier alpha value is -1.68. The van der Waals surface area contributed by atoms with Crippen LogP contribution in [0.2, 0.25) is 0 Å². The third-order valence-electron chi connectivity index (χ3n) is 3.13. The van der Waals surface area contributed by atoms with Crippen molar-refractivity contribution in [1.82, 2.24) is 19.9 Å². The maximum atomic E-state index is 4.26. The van der Waals surface area contributed by atoms with Crippen molar-refractivity contribution in [1.29, 1.82) is 0 Å². The molecule has 1 aliphatic carbocycles. The summed E-state index contributed by atoms with van der Waals surface area (Å²) in [4.78, 5) is 8.47. The molecular weight excluding hydrogens is 212 g/mol. The Kier molecular flexibility index (Phi) is 2.65. The molecule has 4 heteroatoms. The van der Waals surface area contributed by atoms with E-state index in [-0.39, 0.29) is 0 Å². The molecule has 1 fully saturated rings. The fraction of sp³-hybridized carbons (Fsp3) is 0.385. The van der Waals surface area contributed by atoms with Gasteiger partial charge in [-0.05, 0) is 31.4 Å². The standard InChI is InChI=1S/C13H16N4/c1-10-15-6-7-17(10)13-9-14-5-4-11(13)8-16-12-2-3-12/h4-7,9,12,16H,2-3,8H2,1H3. The van der Waals surface area contributed by atoms with Crippen LogP contribution in [0.5, 0.6) is 0 Å². The molecule has 0 atom stereocenters. The van der Waals surface area contributed by atoms with E-state index in [1.165, 1.54) is 18.4 Å². The first kappa shape index (κ1) is 10.5. The lowest BCUT2D eigenvalue weighted by atomic mass is 10.2. The average molecular weight is 228 g/mol. The van der Waals surface area contributed by atoms with Crippen LogP contribution in [0.3, 0.4) is 0 Å². The number of hydrogen-bond acceptors (Lipinski definition) is 3. The van der Waals surface area contributed by atoms with Crippen molar-refractivity contribution in [2.45, 2.75) is 32.4 Å². The largest absolute Gasteiger partial charge is 0.310 e. The first-order valence-electron chi connectivity index (χ1n) is 6.01. The second-order valence-electron chi connectivity index (χ2n) is 4.50. The van der Waals surface area contributed by atoms with Crippen LogP contribution in [-0.2, 0) is 6.54 Å². The second kappa shape index (κ2) is 4.30. The van der Waals surface area contributed by atoms with Gasteiger partial charge in [0, 0.05) is 31.2 Å². The predicted octanol–water partition coefficient (Wildman–Crippen LogP) is 1.83. The summed E-state index contributed by atoms with van der Waals surface area (Å²) in [5.41, 5.74) is 2.39.